The maximum atomic E-state index is 13.0. The molecule has 0 unspecified atom stereocenters. The molecule has 3 aromatic rings. The van der Waals surface area contributed by atoms with Crippen LogP contribution in [0.4, 0.5) is 0 Å². The SMILES string of the molecule is COC(=O)c1ccc(/C=C2\Oc3c(ccc(OC(=O)c4c(OC)cccc4OC)c3C)C2=O)cc1. The van der Waals surface area contributed by atoms with Gasteiger partial charge in [0.15, 0.2) is 5.76 Å². The number of allylic oxidation sites excluding steroid dienone is 1. The fourth-order valence-electron chi connectivity index (χ4n) is 3.67. The van der Waals surface area contributed by atoms with Crippen LogP contribution in [0.25, 0.3) is 6.08 Å². The molecular formula is C27H22O8. The van der Waals surface area contributed by atoms with Crippen LogP contribution in [0, 0.1) is 6.92 Å². The third-order valence-corrected chi connectivity index (χ3v) is 5.50. The van der Waals surface area contributed by atoms with Gasteiger partial charge in [0.1, 0.15) is 28.6 Å². The highest BCUT2D eigenvalue weighted by atomic mass is 16.5. The molecule has 0 aromatic heterocycles. The molecule has 0 N–H and O–H groups in total. The minimum Gasteiger partial charge on any atom is -0.496 e. The Bertz CT molecular complexity index is 1330. The highest BCUT2D eigenvalue weighted by Gasteiger charge is 2.31. The third-order valence-electron chi connectivity index (χ3n) is 5.50. The van der Waals surface area contributed by atoms with Crippen LogP contribution < -0.4 is 18.9 Å². The largest absolute Gasteiger partial charge is 0.496 e. The van der Waals surface area contributed by atoms with Crippen molar-refractivity contribution in [3.63, 3.8) is 0 Å². The zero-order valence-corrected chi connectivity index (χ0v) is 19.5. The van der Waals surface area contributed by atoms with E-state index in [1.54, 1.807) is 67.6 Å². The van der Waals surface area contributed by atoms with Crippen molar-refractivity contribution in [2.45, 2.75) is 6.92 Å². The molecule has 3 aromatic carbocycles. The maximum absolute atomic E-state index is 13.0. The van der Waals surface area contributed by atoms with Crippen molar-refractivity contribution in [1.29, 1.82) is 0 Å². The van der Waals surface area contributed by atoms with Gasteiger partial charge in [-0.05, 0) is 55.0 Å². The van der Waals surface area contributed by atoms with Gasteiger partial charge in [-0.3, -0.25) is 4.79 Å². The van der Waals surface area contributed by atoms with E-state index in [1.165, 1.54) is 21.3 Å². The van der Waals surface area contributed by atoms with Crippen molar-refractivity contribution in [2.24, 2.45) is 0 Å². The van der Waals surface area contributed by atoms with Gasteiger partial charge in [0.25, 0.3) is 0 Å². The summed E-state index contributed by atoms with van der Waals surface area (Å²) < 4.78 is 26.7. The van der Waals surface area contributed by atoms with E-state index in [-0.39, 0.29) is 22.9 Å². The summed E-state index contributed by atoms with van der Waals surface area (Å²) in [4.78, 5) is 37.5. The van der Waals surface area contributed by atoms with Crippen LogP contribution >= 0.6 is 0 Å². The summed E-state index contributed by atoms with van der Waals surface area (Å²) in [6, 6.07) is 14.6. The van der Waals surface area contributed by atoms with Gasteiger partial charge in [0, 0.05) is 5.56 Å². The van der Waals surface area contributed by atoms with E-state index in [4.69, 9.17) is 23.7 Å². The predicted octanol–water partition coefficient (Wildman–Crippen LogP) is 4.63. The highest BCUT2D eigenvalue weighted by molar-refractivity contribution is 6.15. The second-order valence-corrected chi connectivity index (χ2v) is 7.55. The molecule has 178 valence electrons. The summed E-state index contributed by atoms with van der Waals surface area (Å²) in [5, 5.41) is 0. The number of rotatable bonds is 6. The van der Waals surface area contributed by atoms with Crippen LogP contribution in [0.15, 0.2) is 60.4 Å². The number of methoxy groups -OCH3 is 3. The Hall–Kier alpha value is -4.59. The second kappa shape index (κ2) is 9.72. The molecule has 0 bridgehead atoms. The standard InChI is InChI=1S/C27H22O8/c1-15-19(35-27(30)23-20(31-2)6-5-7-21(23)32-3)13-12-18-24(28)22(34-25(15)18)14-16-8-10-17(11-9-16)26(29)33-4/h5-14H,1-4H3/b22-14-. The minimum atomic E-state index is -0.673. The number of carbonyl (C=O) groups excluding carboxylic acids is 3. The van der Waals surface area contributed by atoms with Crippen LogP contribution in [0.1, 0.15) is 42.2 Å². The third kappa shape index (κ3) is 4.46. The second-order valence-electron chi connectivity index (χ2n) is 7.55. The van der Waals surface area contributed by atoms with Gasteiger partial charge in [-0.15, -0.1) is 0 Å². The molecule has 0 spiro atoms. The fourth-order valence-corrected chi connectivity index (χ4v) is 3.67. The zero-order valence-electron chi connectivity index (χ0n) is 19.5. The van der Waals surface area contributed by atoms with Gasteiger partial charge in [-0.2, -0.15) is 0 Å². The van der Waals surface area contributed by atoms with Gasteiger partial charge in [0.05, 0.1) is 32.5 Å². The number of Topliss-reactive ketones (excluding diaryl/α,β-unsaturated/α-hetero) is 1. The lowest BCUT2D eigenvalue weighted by atomic mass is 10.1. The molecule has 1 aliphatic rings. The Kier molecular flexibility index (Phi) is 6.55. The average Bonchev–Trinajstić information content (AvgIpc) is 3.20. The predicted molar refractivity (Wildman–Crippen MR) is 126 cm³/mol. The lowest BCUT2D eigenvalue weighted by Crippen LogP contribution is -2.12. The van der Waals surface area contributed by atoms with Gasteiger partial charge in [-0.1, -0.05) is 18.2 Å². The molecule has 0 saturated heterocycles. The molecule has 35 heavy (non-hydrogen) atoms. The number of ether oxygens (including phenoxy) is 5. The first-order valence-corrected chi connectivity index (χ1v) is 10.6. The van der Waals surface area contributed by atoms with Crippen molar-refractivity contribution in [3.05, 3.63) is 88.2 Å². The Morgan fingerprint density at radius 3 is 2.09 bits per heavy atom. The number of carbonyl (C=O) groups is 3. The molecule has 0 aliphatic carbocycles. The minimum absolute atomic E-state index is 0.115. The summed E-state index contributed by atoms with van der Waals surface area (Å²) in [5.41, 5.74) is 2.05. The molecular weight excluding hydrogens is 452 g/mol. The number of benzene rings is 3. The molecule has 0 atom stereocenters. The van der Waals surface area contributed by atoms with Crippen LogP contribution in [0.3, 0.4) is 0 Å². The quantitative estimate of drug-likeness (QED) is 0.290. The zero-order chi connectivity index (χ0) is 25.1. The molecule has 8 heteroatoms. The number of hydrogen-bond acceptors (Lipinski definition) is 8. The van der Waals surface area contributed by atoms with E-state index < -0.39 is 11.9 Å². The topological polar surface area (TPSA) is 97.4 Å². The molecule has 0 saturated carbocycles. The number of esters is 2. The first kappa shape index (κ1) is 23.6. The Morgan fingerprint density at radius 1 is 0.829 bits per heavy atom. The summed E-state index contributed by atoms with van der Waals surface area (Å²) in [5.74, 6) is -0.149. The summed E-state index contributed by atoms with van der Waals surface area (Å²) >= 11 is 0. The van der Waals surface area contributed by atoms with Crippen molar-refractivity contribution < 1.29 is 38.1 Å². The lowest BCUT2D eigenvalue weighted by Gasteiger charge is -2.14. The van der Waals surface area contributed by atoms with Gasteiger partial charge < -0.3 is 23.7 Å². The Balaban J connectivity index is 1.60. The summed E-state index contributed by atoms with van der Waals surface area (Å²) in [7, 11) is 4.20. The van der Waals surface area contributed by atoms with E-state index >= 15 is 0 Å². The van der Waals surface area contributed by atoms with E-state index in [1.807, 2.05) is 0 Å². The summed E-state index contributed by atoms with van der Waals surface area (Å²) in [6.45, 7) is 1.70. The van der Waals surface area contributed by atoms with E-state index in [0.717, 1.165) is 0 Å². The molecule has 8 nitrogen and oxygen atoms in total. The van der Waals surface area contributed by atoms with Crippen molar-refractivity contribution in [2.75, 3.05) is 21.3 Å². The molecule has 0 radical (unpaired) electrons. The smallest absolute Gasteiger partial charge is 0.351 e. The molecule has 1 heterocycles. The monoisotopic (exact) mass is 474 g/mol. The Morgan fingerprint density at radius 2 is 1.49 bits per heavy atom. The lowest BCUT2D eigenvalue weighted by molar-refractivity contribution is 0.0600. The Labute approximate surface area is 201 Å². The van der Waals surface area contributed by atoms with Crippen molar-refractivity contribution in [1.82, 2.24) is 0 Å². The number of hydrogen-bond donors (Lipinski definition) is 0. The average molecular weight is 474 g/mol. The number of fused-ring (bicyclic) bond motifs is 1. The number of ketones is 1. The first-order valence-electron chi connectivity index (χ1n) is 10.6. The highest BCUT2D eigenvalue weighted by Crippen LogP contribution is 2.40. The van der Waals surface area contributed by atoms with E-state index in [2.05, 4.69) is 0 Å². The van der Waals surface area contributed by atoms with Crippen LogP contribution in [0.5, 0.6) is 23.0 Å². The molecule has 0 amide bonds. The molecule has 4 rings (SSSR count). The maximum Gasteiger partial charge on any atom is 0.351 e. The molecule has 0 fully saturated rings. The van der Waals surface area contributed by atoms with Gasteiger partial charge in [-0.25, -0.2) is 9.59 Å². The van der Waals surface area contributed by atoms with Crippen LogP contribution in [-0.4, -0.2) is 39.1 Å². The van der Waals surface area contributed by atoms with E-state index in [9.17, 15) is 14.4 Å². The molecule has 1 aliphatic heterocycles. The van der Waals surface area contributed by atoms with Gasteiger partial charge >= 0.3 is 11.9 Å². The van der Waals surface area contributed by atoms with Gasteiger partial charge in [0.2, 0.25) is 5.78 Å². The normalized spacial score (nSPS) is 13.1. The van der Waals surface area contributed by atoms with Crippen LogP contribution in [0.2, 0.25) is 0 Å². The van der Waals surface area contributed by atoms with Crippen molar-refractivity contribution >= 4 is 23.8 Å². The first-order chi connectivity index (χ1) is 16.9. The van der Waals surface area contributed by atoms with E-state index in [0.29, 0.717) is 39.5 Å². The van der Waals surface area contributed by atoms with Crippen LogP contribution in [-0.2, 0) is 4.74 Å². The van der Waals surface area contributed by atoms with Crippen molar-refractivity contribution in [3.8, 4) is 23.0 Å². The summed E-state index contributed by atoms with van der Waals surface area (Å²) in [6.07, 6.45) is 1.58. The fraction of sp³-hybridized carbons (Fsp3) is 0.148.